The van der Waals surface area contributed by atoms with Crippen molar-refractivity contribution in [1.29, 1.82) is 10.5 Å². The second-order valence-electron chi connectivity index (χ2n) is 8.56. The number of carbonyl (C=O) groups excluding carboxylic acids is 1. The van der Waals surface area contributed by atoms with Gasteiger partial charge in [-0.15, -0.1) is 0 Å². The Balaban J connectivity index is 1.72. The molecule has 0 unspecified atom stereocenters. The minimum atomic E-state index is -1.35. The summed E-state index contributed by atoms with van der Waals surface area (Å²) < 4.78 is 7.69. The Hall–Kier alpha value is -5.28. The lowest BCUT2D eigenvalue weighted by Crippen LogP contribution is -2.53. The number of hydrogen-bond donors (Lipinski definition) is 2. The van der Waals surface area contributed by atoms with Gasteiger partial charge in [-0.25, -0.2) is 4.79 Å². The van der Waals surface area contributed by atoms with Gasteiger partial charge in [0.05, 0.1) is 29.0 Å². The van der Waals surface area contributed by atoms with Crippen LogP contribution in [0.25, 0.3) is 16.6 Å². The summed E-state index contributed by atoms with van der Waals surface area (Å²) in [6.45, 7) is 1.61. The van der Waals surface area contributed by atoms with Gasteiger partial charge in [0.2, 0.25) is 0 Å². The first kappa shape index (κ1) is 23.5. The highest BCUT2D eigenvalue weighted by Crippen LogP contribution is 2.37. The number of nitriles is 2. The quantitative estimate of drug-likeness (QED) is 0.437. The molecule has 4 aromatic rings. The van der Waals surface area contributed by atoms with E-state index < -0.39 is 24.1 Å². The Bertz CT molecular complexity index is 1630. The number of carboxylic acid groups (broad SMARTS) is 1. The van der Waals surface area contributed by atoms with Gasteiger partial charge in [0.15, 0.2) is 0 Å². The van der Waals surface area contributed by atoms with Gasteiger partial charge < -0.3 is 20.1 Å². The second kappa shape index (κ2) is 9.40. The standard InChI is InChI=1S/C28H21N5O4/c1-17-26(31-28(35)36)27(34)32(23-12-6-7-13-25(23)37-17)16-20-19-9-3-5-11-22(19)33(24(20)15-30)21-10-4-2-8-18(21)14-29/h2-13,17,26,31H,16H2,1H3,(H,35,36)/t17-,26-/m0/s1. The molecule has 0 saturated heterocycles. The summed E-state index contributed by atoms with van der Waals surface area (Å²) in [6, 6.07) is 24.6. The Kier molecular flexibility index (Phi) is 5.96. The van der Waals surface area contributed by atoms with Crippen molar-refractivity contribution >= 4 is 28.6 Å². The van der Waals surface area contributed by atoms with Crippen LogP contribution in [-0.4, -0.2) is 33.8 Å². The summed E-state index contributed by atoms with van der Waals surface area (Å²) in [4.78, 5) is 26.7. The smallest absolute Gasteiger partial charge is 0.405 e. The van der Waals surface area contributed by atoms with Gasteiger partial charge in [-0.2, -0.15) is 10.5 Å². The molecule has 182 valence electrons. The summed E-state index contributed by atoms with van der Waals surface area (Å²) >= 11 is 0. The molecular weight excluding hydrogens is 470 g/mol. The van der Waals surface area contributed by atoms with Crippen molar-refractivity contribution in [2.75, 3.05) is 4.90 Å². The third kappa shape index (κ3) is 3.99. The van der Waals surface area contributed by atoms with E-state index in [1.54, 1.807) is 60.0 Å². The molecule has 2 amide bonds. The van der Waals surface area contributed by atoms with E-state index in [4.69, 9.17) is 4.74 Å². The fourth-order valence-corrected chi connectivity index (χ4v) is 4.77. The predicted octanol–water partition coefficient (Wildman–Crippen LogP) is 4.32. The fourth-order valence-electron chi connectivity index (χ4n) is 4.77. The number of aromatic nitrogens is 1. The number of para-hydroxylation sites is 4. The van der Waals surface area contributed by atoms with E-state index in [-0.39, 0.29) is 12.2 Å². The molecule has 3 aromatic carbocycles. The van der Waals surface area contributed by atoms with Crippen molar-refractivity contribution in [2.24, 2.45) is 0 Å². The van der Waals surface area contributed by atoms with Crippen molar-refractivity contribution in [1.82, 2.24) is 9.88 Å². The molecule has 9 heteroatoms. The number of fused-ring (bicyclic) bond motifs is 2. The molecule has 2 heterocycles. The van der Waals surface area contributed by atoms with Crippen LogP contribution in [0.4, 0.5) is 10.5 Å². The molecule has 1 aliphatic rings. The first-order chi connectivity index (χ1) is 17.9. The number of benzene rings is 3. The SMILES string of the molecule is C[C@@H]1Oc2ccccc2N(Cc2c(C#N)n(-c3ccccc3C#N)c3ccccc23)C(=O)[C@H]1NC(=O)O. The van der Waals surface area contributed by atoms with Crippen LogP contribution in [0.15, 0.2) is 72.8 Å². The second-order valence-corrected chi connectivity index (χ2v) is 8.56. The van der Waals surface area contributed by atoms with Crippen LogP contribution in [0.2, 0.25) is 0 Å². The molecule has 9 nitrogen and oxygen atoms in total. The molecule has 2 atom stereocenters. The average Bonchev–Trinajstić information content (AvgIpc) is 3.18. The van der Waals surface area contributed by atoms with Gasteiger partial charge in [0.1, 0.15) is 35.7 Å². The van der Waals surface area contributed by atoms with Gasteiger partial charge in [-0.1, -0.05) is 42.5 Å². The number of nitrogens with one attached hydrogen (secondary N) is 1. The molecule has 37 heavy (non-hydrogen) atoms. The zero-order valence-electron chi connectivity index (χ0n) is 19.8. The van der Waals surface area contributed by atoms with Crippen LogP contribution in [-0.2, 0) is 11.3 Å². The van der Waals surface area contributed by atoms with Gasteiger partial charge in [0.25, 0.3) is 5.91 Å². The number of nitrogens with zero attached hydrogens (tertiary/aromatic N) is 4. The van der Waals surface area contributed by atoms with Crippen molar-refractivity contribution in [2.45, 2.75) is 25.6 Å². The molecule has 1 aromatic heterocycles. The number of amides is 2. The van der Waals surface area contributed by atoms with E-state index >= 15 is 0 Å². The number of ether oxygens (including phenoxy) is 1. The highest BCUT2D eigenvalue weighted by molar-refractivity contribution is 6.01. The maximum Gasteiger partial charge on any atom is 0.405 e. The molecule has 0 aliphatic carbocycles. The third-order valence-corrected chi connectivity index (χ3v) is 6.42. The van der Waals surface area contributed by atoms with Crippen LogP contribution < -0.4 is 15.0 Å². The van der Waals surface area contributed by atoms with Crippen molar-refractivity contribution in [3.05, 3.63) is 89.6 Å². The molecule has 0 saturated carbocycles. The number of rotatable bonds is 4. The van der Waals surface area contributed by atoms with Crippen molar-refractivity contribution in [3.63, 3.8) is 0 Å². The first-order valence-electron chi connectivity index (χ1n) is 11.5. The average molecular weight is 492 g/mol. The van der Waals surface area contributed by atoms with E-state index in [1.165, 1.54) is 4.90 Å². The van der Waals surface area contributed by atoms with Gasteiger partial charge in [-0.05, 0) is 37.3 Å². The molecule has 2 N–H and O–H groups in total. The van der Waals surface area contributed by atoms with Crippen LogP contribution in [0.3, 0.4) is 0 Å². The molecule has 0 radical (unpaired) electrons. The molecule has 0 fully saturated rings. The maximum absolute atomic E-state index is 13.8. The Morgan fingerprint density at radius 2 is 1.68 bits per heavy atom. The third-order valence-electron chi connectivity index (χ3n) is 6.42. The van der Waals surface area contributed by atoms with Crippen LogP contribution in [0, 0.1) is 22.7 Å². The van der Waals surface area contributed by atoms with E-state index in [9.17, 15) is 25.2 Å². The Morgan fingerprint density at radius 3 is 2.41 bits per heavy atom. The number of anilines is 1. The summed E-state index contributed by atoms with van der Waals surface area (Å²) in [5.41, 5.74) is 2.96. The highest BCUT2D eigenvalue weighted by atomic mass is 16.5. The Morgan fingerprint density at radius 1 is 1.00 bits per heavy atom. The monoisotopic (exact) mass is 491 g/mol. The lowest BCUT2D eigenvalue weighted by molar-refractivity contribution is -0.122. The molecule has 0 bridgehead atoms. The van der Waals surface area contributed by atoms with Crippen molar-refractivity contribution < 1.29 is 19.4 Å². The molecule has 0 spiro atoms. The van der Waals surface area contributed by atoms with E-state index in [0.717, 1.165) is 5.39 Å². The van der Waals surface area contributed by atoms with Crippen LogP contribution in [0.5, 0.6) is 5.75 Å². The number of hydrogen-bond acceptors (Lipinski definition) is 5. The molecular formula is C28H21N5O4. The summed E-state index contributed by atoms with van der Waals surface area (Å²) in [5, 5.41) is 32.4. The largest absolute Gasteiger partial charge is 0.486 e. The lowest BCUT2D eigenvalue weighted by atomic mass is 10.1. The summed E-state index contributed by atoms with van der Waals surface area (Å²) in [6.07, 6.45) is -2.11. The minimum absolute atomic E-state index is 0.0190. The topological polar surface area (TPSA) is 131 Å². The zero-order chi connectivity index (χ0) is 26.1. The predicted molar refractivity (Wildman–Crippen MR) is 135 cm³/mol. The van der Waals surface area contributed by atoms with Crippen LogP contribution >= 0.6 is 0 Å². The highest BCUT2D eigenvalue weighted by Gasteiger charge is 2.38. The van der Waals surface area contributed by atoms with E-state index in [0.29, 0.717) is 33.8 Å². The van der Waals surface area contributed by atoms with Crippen LogP contribution in [0.1, 0.15) is 23.7 Å². The van der Waals surface area contributed by atoms with E-state index in [2.05, 4.69) is 17.5 Å². The fraction of sp³-hybridized carbons (Fsp3) is 0.143. The van der Waals surface area contributed by atoms with Crippen molar-refractivity contribution in [3.8, 4) is 23.6 Å². The van der Waals surface area contributed by atoms with Gasteiger partial charge in [0, 0.05) is 10.9 Å². The van der Waals surface area contributed by atoms with Gasteiger partial charge in [-0.3, -0.25) is 9.36 Å². The number of carbonyl (C=O) groups is 2. The Labute approximate surface area is 212 Å². The maximum atomic E-state index is 13.8. The minimum Gasteiger partial charge on any atom is -0.486 e. The molecule has 1 aliphatic heterocycles. The first-order valence-corrected chi connectivity index (χ1v) is 11.5. The summed E-state index contributed by atoms with van der Waals surface area (Å²) in [7, 11) is 0. The van der Waals surface area contributed by atoms with Gasteiger partial charge >= 0.3 is 6.09 Å². The normalized spacial score (nSPS) is 16.7. The van der Waals surface area contributed by atoms with E-state index in [1.807, 2.05) is 24.3 Å². The lowest BCUT2D eigenvalue weighted by Gasteiger charge is -2.25. The zero-order valence-corrected chi connectivity index (χ0v) is 19.8. The summed E-state index contributed by atoms with van der Waals surface area (Å²) in [5.74, 6) is -0.0758. The molecule has 5 rings (SSSR count).